The van der Waals surface area contributed by atoms with Gasteiger partial charge in [-0.1, -0.05) is 23.8 Å². The van der Waals surface area contributed by atoms with Crippen molar-refractivity contribution in [1.29, 1.82) is 0 Å². The Hall–Kier alpha value is -1.39. The Morgan fingerprint density at radius 2 is 2.11 bits per heavy atom. The first-order valence-electron chi connectivity index (χ1n) is 6.91. The Kier molecular flexibility index (Phi) is 4.56. The lowest BCUT2D eigenvalue weighted by atomic mass is 9.97. The number of nitrogens with zero attached hydrogens (tertiary/aromatic N) is 1. The molecule has 1 atom stereocenters. The maximum absolute atomic E-state index is 11.9. The van der Waals surface area contributed by atoms with E-state index in [1.54, 1.807) is 0 Å². The predicted octanol–water partition coefficient (Wildman–Crippen LogP) is 1.13. The van der Waals surface area contributed by atoms with E-state index in [1.165, 1.54) is 5.56 Å². The third kappa shape index (κ3) is 3.33. The molecule has 1 aromatic carbocycles. The zero-order valence-electron chi connectivity index (χ0n) is 11.8. The van der Waals surface area contributed by atoms with E-state index in [-0.39, 0.29) is 11.9 Å². The molecule has 1 fully saturated rings. The molecule has 1 aliphatic rings. The summed E-state index contributed by atoms with van der Waals surface area (Å²) in [6, 6.07) is 5.92. The van der Waals surface area contributed by atoms with Gasteiger partial charge in [-0.2, -0.15) is 0 Å². The minimum Gasteiger partial charge on any atom is -0.368 e. The van der Waals surface area contributed by atoms with Gasteiger partial charge in [0.05, 0.1) is 0 Å². The summed E-state index contributed by atoms with van der Waals surface area (Å²) in [5, 5.41) is 3.35. The normalized spacial score (nSPS) is 18.8. The highest BCUT2D eigenvalue weighted by atomic mass is 16.1. The maximum atomic E-state index is 11.9. The van der Waals surface area contributed by atoms with Gasteiger partial charge in [0, 0.05) is 19.6 Å². The van der Waals surface area contributed by atoms with Crippen LogP contribution in [0.25, 0.3) is 0 Å². The molecule has 1 aliphatic heterocycles. The fourth-order valence-electron chi connectivity index (χ4n) is 2.71. The number of aryl methyl sites for hydroxylation is 2. The Balaban J connectivity index is 2.33. The summed E-state index contributed by atoms with van der Waals surface area (Å²) in [5.74, 6) is -0.254. The van der Waals surface area contributed by atoms with Gasteiger partial charge in [0.25, 0.3) is 0 Å². The molecule has 4 heteroatoms. The van der Waals surface area contributed by atoms with Crippen molar-refractivity contribution in [2.24, 2.45) is 5.73 Å². The molecule has 0 spiro atoms. The Labute approximate surface area is 115 Å². The first-order valence-corrected chi connectivity index (χ1v) is 6.91. The van der Waals surface area contributed by atoms with Crippen LogP contribution in [0.1, 0.15) is 29.2 Å². The molecule has 0 radical (unpaired) electrons. The van der Waals surface area contributed by atoms with E-state index in [9.17, 15) is 4.79 Å². The SMILES string of the molecule is Cc1ccc(C)c(C(C(N)=O)N2CCCNCC2)c1. The van der Waals surface area contributed by atoms with E-state index in [0.717, 1.165) is 43.7 Å². The molecule has 104 valence electrons. The quantitative estimate of drug-likeness (QED) is 0.857. The Bertz CT molecular complexity index is 451. The van der Waals surface area contributed by atoms with Crippen LogP contribution in [0, 0.1) is 13.8 Å². The van der Waals surface area contributed by atoms with E-state index in [1.807, 2.05) is 13.8 Å². The van der Waals surface area contributed by atoms with Gasteiger partial charge in [0.1, 0.15) is 6.04 Å². The summed E-state index contributed by atoms with van der Waals surface area (Å²) in [4.78, 5) is 14.1. The highest BCUT2D eigenvalue weighted by Crippen LogP contribution is 2.25. The van der Waals surface area contributed by atoms with Gasteiger partial charge >= 0.3 is 0 Å². The number of primary amides is 1. The molecule has 1 saturated heterocycles. The number of rotatable bonds is 3. The topological polar surface area (TPSA) is 58.4 Å². The van der Waals surface area contributed by atoms with Crippen LogP contribution >= 0.6 is 0 Å². The minimum atomic E-state index is -0.306. The Morgan fingerprint density at radius 1 is 1.32 bits per heavy atom. The van der Waals surface area contributed by atoms with Gasteiger partial charge in [-0.05, 0) is 37.9 Å². The highest BCUT2D eigenvalue weighted by Gasteiger charge is 2.27. The van der Waals surface area contributed by atoms with E-state index in [4.69, 9.17) is 5.73 Å². The summed E-state index contributed by atoms with van der Waals surface area (Å²) in [6.07, 6.45) is 1.05. The second-order valence-electron chi connectivity index (χ2n) is 5.30. The molecule has 2 rings (SSSR count). The maximum Gasteiger partial charge on any atom is 0.239 e. The number of carbonyl (C=O) groups excluding carboxylic acids is 1. The lowest BCUT2D eigenvalue weighted by Gasteiger charge is -2.29. The van der Waals surface area contributed by atoms with Crippen molar-refractivity contribution in [3.63, 3.8) is 0 Å². The average Bonchev–Trinajstić information content (AvgIpc) is 2.62. The molecule has 0 bridgehead atoms. The second-order valence-corrected chi connectivity index (χ2v) is 5.30. The van der Waals surface area contributed by atoms with Crippen LogP contribution in [0.4, 0.5) is 0 Å². The lowest BCUT2D eigenvalue weighted by Crippen LogP contribution is -2.40. The summed E-state index contributed by atoms with van der Waals surface area (Å²) in [6.45, 7) is 7.78. The van der Waals surface area contributed by atoms with Gasteiger partial charge < -0.3 is 11.1 Å². The smallest absolute Gasteiger partial charge is 0.239 e. The van der Waals surface area contributed by atoms with Crippen LogP contribution in [0.2, 0.25) is 0 Å². The molecule has 1 unspecified atom stereocenters. The van der Waals surface area contributed by atoms with Crippen LogP contribution in [0.3, 0.4) is 0 Å². The molecule has 0 aromatic heterocycles. The number of hydrogen-bond acceptors (Lipinski definition) is 3. The molecule has 0 saturated carbocycles. The molecular weight excluding hydrogens is 238 g/mol. The first-order chi connectivity index (χ1) is 9.09. The number of benzene rings is 1. The molecule has 1 aromatic rings. The van der Waals surface area contributed by atoms with Crippen molar-refractivity contribution in [2.75, 3.05) is 26.2 Å². The van der Waals surface area contributed by atoms with Crippen molar-refractivity contribution in [3.05, 3.63) is 34.9 Å². The fourth-order valence-corrected chi connectivity index (χ4v) is 2.71. The van der Waals surface area contributed by atoms with Crippen molar-refractivity contribution < 1.29 is 4.79 Å². The van der Waals surface area contributed by atoms with Crippen LogP contribution < -0.4 is 11.1 Å². The molecule has 4 nitrogen and oxygen atoms in total. The van der Waals surface area contributed by atoms with Gasteiger partial charge in [0.15, 0.2) is 0 Å². The number of hydrogen-bond donors (Lipinski definition) is 2. The molecule has 1 amide bonds. The zero-order chi connectivity index (χ0) is 13.8. The second kappa shape index (κ2) is 6.17. The Morgan fingerprint density at radius 3 is 2.84 bits per heavy atom. The van der Waals surface area contributed by atoms with E-state index in [2.05, 4.69) is 28.4 Å². The van der Waals surface area contributed by atoms with Crippen LogP contribution in [0.5, 0.6) is 0 Å². The summed E-state index contributed by atoms with van der Waals surface area (Å²) in [5.41, 5.74) is 9.02. The molecule has 1 heterocycles. The van der Waals surface area contributed by atoms with Gasteiger partial charge in [-0.25, -0.2) is 0 Å². The molecule has 0 aliphatic carbocycles. The minimum absolute atomic E-state index is 0.254. The van der Waals surface area contributed by atoms with Crippen molar-refractivity contribution >= 4 is 5.91 Å². The van der Waals surface area contributed by atoms with Crippen molar-refractivity contribution in [2.45, 2.75) is 26.3 Å². The first kappa shape index (κ1) is 14.0. The van der Waals surface area contributed by atoms with Gasteiger partial charge in [-0.3, -0.25) is 9.69 Å². The average molecular weight is 261 g/mol. The third-order valence-corrected chi connectivity index (χ3v) is 3.74. The van der Waals surface area contributed by atoms with Crippen molar-refractivity contribution in [1.82, 2.24) is 10.2 Å². The lowest BCUT2D eigenvalue weighted by molar-refractivity contribution is -0.123. The summed E-state index contributed by atoms with van der Waals surface area (Å²) < 4.78 is 0. The fraction of sp³-hybridized carbons (Fsp3) is 0.533. The third-order valence-electron chi connectivity index (χ3n) is 3.74. The van der Waals surface area contributed by atoms with Crippen molar-refractivity contribution in [3.8, 4) is 0 Å². The predicted molar refractivity (Wildman–Crippen MR) is 76.9 cm³/mol. The number of amides is 1. The number of carbonyl (C=O) groups is 1. The van der Waals surface area contributed by atoms with Crippen LogP contribution in [-0.2, 0) is 4.79 Å². The highest BCUT2D eigenvalue weighted by molar-refractivity contribution is 5.82. The standard InChI is InChI=1S/C15H23N3O/c1-11-4-5-12(2)13(10-11)14(15(16)19)18-8-3-6-17-7-9-18/h4-5,10,14,17H,3,6-9H2,1-2H3,(H2,16,19). The van der Waals surface area contributed by atoms with E-state index >= 15 is 0 Å². The molecule has 19 heavy (non-hydrogen) atoms. The van der Waals surface area contributed by atoms with Gasteiger partial charge in [-0.15, -0.1) is 0 Å². The zero-order valence-corrected chi connectivity index (χ0v) is 11.8. The van der Waals surface area contributed by atoms with Crippen LogP contribution in [-0.4, -0.2) is 37.0 Å². The summed E-state index contributed by atoms with van der Waals surface area (Å²) in [7, 11) is 0. The summed E-state index contributed by atoms with van der Waals surface area (Å²) >= 11 is 0. The number of nitrogens with one attached hydrogen (secondary N) is 1. The van der Waals surface area contributed by atoms with Gasteiger partial charge in [0.2, 0.25) is 5.91 Å². The number of nitrogens with two attached hydrogens (primary N) is 1. The van der Waals surface area contributed by atoms with E-state index < -0.39 is 0 Å². The monoisotopic (exact) mass is 261 g/mol. The molecular formula is C15H23N3O. The van der Waals surface area contributed by atoms with E-state index in [0.29, 0.717) is 0 Å². The molecule has 3 N–H and O–H groups in total. The van der Waals surface area contributed by atoms with Crippen LogP contribution in [0.15, 0.2) is 18.2 Å². The largest absolute Gasteiger partial charge is 0.368 e.